The van der Waals surface area contributed by atoms with Crippen molar-refractivity contribution in [2.45, 2.75) is 66.0 Å². The average Bonchev–Trinajstić information content (AvgIpc) is 3.09. The quantitative estimate of drug-likeness (QED) is 0.802. The van der Waals surface area contributed by atoms with Crippen LogP contribution in [0.15, 0.2) is 28.8 Å². The molecule has 5 heteroatoms. The Labute approximate surface area is 156 Å². The molecule has 26 heavy (non-hydrogen) atoms. The van der Waals surface area contributed by atoms with Crippen LogP contribution in [0.25, 0.3) is 11.4 Å². The highest BCUT2D eigenvalue weighted by Crippen LogP contribution is 2.38. The standard InChI is InChI=1S/C21H31N3O2/c1-5-25-18-13-9-6-10-15(18)20-23-19(26-24-20)14-22-17-12-8-7-11-16(17)21(2,3)4/h6,9-10,13,16-17,22H,5,7-8,11-12,14H2,1-4H3. The van der Waals surface area contributed by atoms with Gasteiger partial charge in [-0.2, -0.15) is 4.98 Å². The van der Waals surface area contributed by atoms with E-state index in [1.165, 1.54) is 25.7 Å². The minimum absolute atomic E-state index is 0.314. The molecule has 0 spiro atoms. The second kappa shape index (κ2) is 8.21. The molecule has 2 unspecified atom stereocenters. The van der Waals surface area contributed by atoms with E-state index in [0.29, 0.717) is 42.2 Å². The molecule has 5 nitrogen and oxygen atoms in total. The van der Waals surface area contributed by atoms with E-state index in [1.54, 1.807) is 0 Å². The van der Waals surface area contributed by atoms with Gasteiger partial charge in [-0.05, 0) is 43.2 Å². The van der Waals surface area contributed by atoms with Crippen molar-refractivity contribution in [3.63, 3.8) is 0 Å². The van der Waals surface area contributed by atoms with Crippen LogP contribution in [-0.2, 0) is 6.54 Å². The number of nitrogens with one attached hydrogen (secondary N) is 1. The lowest BCUT2D eigenvalue weighted by molar-refractivity contribution is 0.127. The first-order valence-corrected chi connectivity index (χ1v) is 9.77. The maximum atomic E-state index is 5.67. The van der Waals surface area contributed by atoms with E-state index in [-0.39, 0.29) is 0 Å². The minimum Gasteiger partial charge on any atom is -0.493 e. The van der Waals surface area contributed by atoms with Gasteiger partial charge in [-0.15, -0.1) is 0 Å². The summed E-state index contributed by atoms with van der Waals surface area (Å²) in [6, 6.07) is 8.32. The van der Waals surface area contributed by atoms with Crippen molar-refractivity contribution in [1.29, 1.82) is 0 Å². The first-order valence-electron chi connectivity index (χ1n) is 9.77. The Hall–Kier alpha value is -1.88. The number of hydrogen-bond donors (Lipinski definition) is 1. The second-order valence-corrected chi connectivity index (χ2v) is 8.19. The van der Waals surface area contributed by atoms with Gasteiger partial charge in [-0.1, -0.05) is 50.9 Å². The van der Waals surface area contributed by atoms with Gasteiger partial charge in [0.25, 0.3) is 0 Å². The van der Waals surface area contributed by atoms with E-state index >= 15 is 0 Å². The van der Waals surface area contributed by atoms with Gasteiger partial charge in [0.2, 0.25) is 11.7 Å². The van der Waals surface area contributed by atoms with Crippen molar-refractivity contribution in [2.24, 2.45) is 11.3 Å². The third-order valence-corrected chi connectivity index (χ3v) is 5.29. The number of benzene rings is 1. The van der Waals surface area contributed by atoms with Crippen LogP contribution >= 0.6 is 0 Å². The van der Waals surface area contributed by atoms with E-state index in [2.05, 4.69) is 36.2 Å². The highest BCUT2D eigenvalue weighted by molar-refractivity contribution is 5.63. The molecule has 0 amide bonds. The lowest BCUT2D eigenvalue weighted by atomic mass is 9.69. The second-order valence-electron chi connectivity index (χ2n) is 8.19. The highest BCUT2D eigenvalue weighted by Gasteiger charge is 2.34. The minimum atomic E-state index is 0.314. The zero-order valence-corrected chi connectivity index (χ0v) is 16.4. The molecule has 3 rings (SSSR count). The predicted octanol–water partition coefficient (Wildman–Crippen LogP) is 4.83. The van der Waals surface area contributed by atoms with E-state index < -0.39 is 0 Å². The van der Waals surface area contributed by atoms with Crippen LogP contribution in [0.1, 0.15) is 59.3 Å². The van der Waals surface area contributed by atoms with Gasteiger partial charge >= 0.3 is 0 Å². The maximum Gasteiger partial charge on any atom is 0.240 e. The van der Waals surface area contributed by atoms with E-state index in [4.69, 9.17) is 9.26 Å². The van der Waals surface area contributed by atoms with Crippen molar-refractivity contribution in [2.75, 3.05) is 6.61 Å². The van der Waals surface area contributed by atoms with Crippen LogP contribution in [0, 0.1) is 11.3 Å². The molecule has 1 N–H and O–H groups in total. The highest BCUT2D eigenvalue weighted by atomic mass is 16.5. The average molecular weight is 357 g/mol. The van der Waals surface area contributed by atoms with Crippen molar-refractivity contribution in [1.82, 2.24) is 15.5 Å². The van der Waals surface area contributed by atoms with E-state index in [0.717, 1.165) is 11.3 Å². The Kier molecular flexibility index (Phi) is 5.97. The molecule has 142 valence electrons. The number of para-hydroxylation sites is 1. The van der Waals surface area contributed by atoms with Crippen LogP contribution in [0.3, 0.4) is 0 Å². The first kappa shape index (κ1) is 18.9. The fourth-order valence-electron chi connectivity index (χ4n) is 4.00. The van der Waals surface area contributed by atoms with Crippen LogP contribution in [0.4, 0.5) is 0 Å². The van der Waals surface area contributed by atoms with Crippen LogP contribution in [0.2, 0.25) is 0 Å². The summed E-state index contributed by atoms with van der Waals surface area (Å²) in [6.45, 7) is 10.2. The van der Waals surface area contributed by atoms with Gasteiger partial charge in [0, 0.05) is 6.04 Å². The van der Waals surface area contributed by atoms with Gasteiger partial charge < -0.3 is 14.6 Å². The molecule has 2 aromatic rings. The molecule has 1 aromatic carbocycles. The Morgan fingerprint density at radius 3 is 2.73 bits per heavy atom. The van der Waals surface area contributed by atoms with Crippen molar-refractivity contribution in [3.05, 3.63) is 30.2 Å². The normalized spacial score (nSPS) is 20.9. The number of nitrogens with zero attached hydrogens (tertiary/aromatic N) is 2. The number of hydrogen-bond acceptors (Lipinski definition) is 5. The summed E-state index contributed by atoms with van der Waals surface area (Å²) < 4.78 is 11.2. The summed E-state index contributed by atoms with van der Waals surface area (Å²) in [5, 5.41) is 7.83. The van der Waals surface area contributed by atoms with Gasteiger partial charge in [-0.25, -0.2) is 0 Å². The summed E-state index contributed by atoms with van der Waals surface area (Å²) in [5.74, 6) is 2.68. The van der Waals surface area contributed by atoms with Crippen molar-refractivity contribution in [3.8, 4) is 17.1 Å². The fraction of sp³-hybridized carbons (Fsp3) is 0.619. The van der Waals surface area contributed by atoms with Gasteiger partial charge in [0.1, 0.15) is 5.75 Å². The van der Waals surface area contributed by atoms with Crippen molar-refractivity contribution < 1.29 is 9.26 Å². The summed E-state index contributed by atoms with van der Waals surface area (Å²) in [5.41, 5.74) is 1.18. The first-order chi connectivity index (χ1) is 12.5. The Bertz CT molecular complexity index is 705. The molecule has 1 heterocycles. The molecule has 0 radical (unpaired) electrons. The van der Waals surface area contributed by atoms with Crippen molar-refractivity contribution >= 4 is 0 Å². The fourth-order valence-corrected chi connectivity index (χ4v) is 4.00. The van der Waals surface area contributed by atoms with Gasteiger partial charge in [-0.3, -0.25) is 0 Å². The van der Waals surface area contributed by atoms with Crippen LogP contribution in [0.5, 0.6) is 5.75 Å². The molecule has 2 atom stereocenters. The lowest BCUT2D eigenvalue weighted by Gasteiger charge is -2.40. The molecule has 0 saturated heterocycles. The zero-order chi connectivity index (χ0) is 18.6. The zero-order valence-electron chi connectivity index (χ0n) is 16.4. The molecule has 0 bridgehead atoms. The summed E-state index contributed by atoms with van der Waals surface area (Å²) in [7, 11) is 0. The maximum absolute atomic E-state index is 5.67. The Balaban J connectivity index is 1.67. The predicted molar refractivity (Wildman–Crippen MR) is 103 cm³/mol. The third kappa shape index (κ3) is 4.44. The summed E-state index contributed by atoms with van der Waals surface area (Å²) in [6.07, 6.45) is 5.13. The van der Waals surface area contributed by atoms with Gasteiger partial charge in [0.05, 0.1) is 18.7 Å². The number of aromatic nitrogens is 2. The molecule has 0 aliphatic heterocycles. The van der Waals surface area contributed by atoms with Gasteiger partial charge in [0.15, 0.2) is 0 Å². The smallest absolute Gasteiger partial charge is 0.240 e. The molecular weight excluding hydrogens is 326 g/mol. The Morgan fingerprint density at radius 2 is 1.96 bits per heavy atom. The SMILES string of the molecule is CCOc1ccccc1-c1noc(CNC2CCCCC2C(C)(C)C)n1. The molecule has 1 aliphatic rings. The number of rotatable bonds is 6. The molecular formula is C21H31N3O2. The lowest BCUT2D eigenvalue weighted by Crippen LogP contribution is -2.43. The van der Waals surface area contributed by atoms with E-state index in [1.807, 2.05) is 31.2 Å². The topological polar surface area (TPSA) is 60.2 Å². The molecule has 1 fully saturated rings. The monoisotopic (exact) mass is 357 g/mol. The summed E-state index contributed by atoms with van der Waals surface area (Å²) in [4.78, 5) is 4.57. The largest absolute Gasteiger partial charge is 0.493 e. The van der Waals surface area contributed by atoms with Crippen LogP contribution in [-0.4, -0.2) is 22.8 Å². The summed E-state index contributed by atoms with van der Waals surface area (Å²) >= 11 is 0. The molecule has 1 aromatic heterocycles. The van der Waals surface area contributed by atoms with E-state index in [9.17, 15) is 0 Å². The Morgan fingerprint density at radius 1 is 1.19 bits per heavy atom. The third-order valence-electron chi connectivity index (χ3n) is 5.29. The molecule has 1 aliphatic carbocycles. The van der Waals surface area contributed by atoms with Crippen LogP contribution < -0.4 is 10.1 Å². The number of ether oxygens (including phenoxy) is 1. The molecule has 1 saturated carbocycles.